The highest BCUT2D eigenvalue weighted by molar-refractivity contribution is 9.10. The highest BCUT2D eigenvalue weighted by Crippen LogP contribution is 2.46. The first-order valence-corrected chi connectivity index (χ1v) is 12.2. The molecular weight excluding hydrogens is 524 g/mol. The molecule has 0 radical (unpaired) electrons. The molecule has 7 heteroatoms. The molecule has 1 unspecified atom stereocenters. The number of rotatable bonds is 7. The predicted molar refractivity (Wildman–Crippen MR) is 134 cm³/mol. The summed E-state index contributed by atoms with van der Waals surface area (Å²) in [5.74, 6) is -1.92. The van der Waals surface area contributed by atoms with E-state index in [4.69, 9.17) is 11.6 Å². The lowest BCUT2D eigenvalue weighted by Crippen LogP contribution is -2.53. The molecule has 0 amide bonds. The smallest absolute Gasteiger partial charge is 0.335 e. The van der Waals surface area contributed by atoms with Crippen LogP contribution in [0.15, 0.2) is 71.2 Å². The van der Waals surface area contributed by atoms with E-state index < -0.39 is 23.4 Å². The first-order valence-electron chi connectivity index (χ1n) is 11.0. The molecule has 3 aromatic carbocycles. The van der Waals surface area contributed by atoms with Gasteiger partial charge in [-0.3, -0.25) is 4.90 Å². The van der Waals surface area contributed by atoms with Crippen LogP contribution in [0.25, 0.3) is 0 Å². The number of halogens is 4. The quantitative estimate of drug-likeness (QED) is 0.332. The molecule has 1 aliphatic rings. The van der Waals surface area contributed by atoms with E-state index in [2.05, 4.69) is 20.8 Å². The lowest BCUT2D eigenvalue weighted by Gasteiger charge is -2.50. The Hall–Kier alpha value is -2.28. The van der Waals surface area contributed by atoms with Gasteiger partial charge in [-0.1, -0.05) is 51.8 Å². The Balaban J connectivity index is 1.66. The van der Waals surface area contributed by atoms with Gasteiger partial charge in [0.2, 0.25) is 0 Å². The van der Waals surface area contributed by atoms with Crippen molar-refractivity contribution in [2.24, 2.45) is 5.92 Å². The summed E-state index contributed by atoms with van der Waals surface area (Å²) in [5, 5.41) is 10.1. The molecule has 1 aliphatic heterocycles. The van der Waals surface area contributed by atoms with Crippen molar-refractivity contribution in [1.29, 1.82) is 0 Å². The number of hydrogen-bond acceptors (Lipinski definition) is 2. The number of carboxylic acid groups (broad SMARTS) is 1. The van der Waals surface area contributed by atoms with Gasteiger partial charge in [-0.05, 0) is 78.9 Å². The third-order valence-electron chi connectivity index (χ3n) is 6.39. The minimum atomic E-state index is -1.55. The maximum absolute atomic E-state index is 15.4. The first kappa shape index (κ1) is 24.8. The third kappa shape index (κ3) is 5.35. The minimum Gasteiger partial charge on any atom is -0.478 e. The third-order valence-corrected chi connectivity index (χ3v) is 7.10. The van der Waals surface area contributed by atoms with E-state index in [1.54, 1.807) is 36.4 Å². The van der Waals surface area contributed by atoms with Crippen molar-refractivity contribution in [1.82, 2.24) is 4.90 Å². The fraction of sp³-hybridized carbons (Fsp3) is 0.296. The summed E-state index contributed by atoms with van der Waals surface area (Å²) in [6.07, 6.45) is 0. The molecule has 1 heterocycles. The molecule has 1 fully saturated rings. The van der Waals surface area contributed by atoms with Crippen molar-refractivity contribution in [3.05, 3.63) is 104 Å². The highest BCUT2D eigenvalue weighted by Gasteiger charge is 2.45. The number of hydrogen-bond donors (Lipinski definition) is 1. The number of aromatic carboxylic acids is 1. The number of nitrogens with zero attached hydrogens (tertiary/aromatic N) is 1. The molecule has 34 heavy (non-hydrogen) atoms. The Bertz CT molecular complexity index is 1170. The zero-order valence-corrected chi connectivity index (χ0v) is 21.2. The van der Waals surface area contributed by atoms with Gasteiger partial charge >= 0.3 is 5.97 Å². The number of likely N-dealkylation sites (tertiary alicyclic amines) is 1. The van der Waals surface area contributed by atoms with Gasteiger partial charge in [0, 0.05) is 28.5 Å². The molecule has 178 valence electrons. The molecule has 0 bridgehead atoms. The lowest BCUT2D eigenvalue weighted by atomic mass is 9.72. The number of benzene rings is 3. The van der Waals surface area contributed by atoms with Crippen molar-refractivity contribution in [3.63, 3.8) is 0 Å². The fourth-order valence-electron chi connectivity index (χ4n) is 5.06. The van der Waals surface area contributed by atoms with E-state index >= 15 is 4.39 Å². The molecular formula is C27H25BrClF2NO2. The van der Waals surface area contributed by atoms with Crippen LogP contribution in [-0.2, 0) is 0 Å². The Morgan fingerprint density at radius 3 is 2.32 bits per heavy atom. The van der Waals surface area contributed by atoms with E-state index in [0.29, 0.717) is 28.1 Å². The van der Waals surface area contributed by atoms with Crippen LogP contribution < -0.4 is 0 Å². The number of alkyl halides is 1. The van der Waals surface area contributed by atoms with Crippen LogP contribution >= 0.6 is 27.5 Å². The van der Waals surface area contributed by atoms with E-state index in [-0.39, 0.29) is 17.5 Å². The molecule has 1 saturated heterocycles. The minimum absolute atomic E-state index is 0.0360. The Labute approximate surface area is 211 Å². The summed E-state index contributed by atoms with van der Waals surface area (Å²) in [7, 11) is 0. The standard InChI is InChI=1S/C27H25BrClF2NO2/c1-27(2,31)24(19-11-21(28)13-23(30)12-19)20-14-32(15-20)25(16-6-8-22(29)9-7-16)17-4-3-5-18(10-17)26(33)34/h3-13,20,24-25H,14-15H2,1-2H3,(H,33,34)/t24-,25?/m1/s1. The summed E-state index contributed by atoms with van der Waals surface area (Å²) in [5.41, 5.74) is 1.09. The van der Waals surface area contributed by atoms with Crippen LogP contribution in [0.3, 0.4) is 0 Å². The van der Waals surface area contributed by atoms with Crippen molar-refractivity contribution in [3.8, 4) is 0 Å². The number of carboxylic acids is 1. The van der Waals surface area contributed by atoms with Crippen LogP contribution in [0, 0.1) is 11.7 Å². The Morgan fingerprint density at radius 1 is 1.06 bits per heavy atom. The second-order valence-corrected chi connectivity index (χ2v) is 10.7. The summed E-state index contributed by atoms with van der Waals surface area (Å²) in [4.78, 5) is 13.8. The molecule has 0 aromatic heterocycles. The van der Waals surface area contributed by atoms with Crippen molar-refractivity contribution >= 4 is 33.5 Å². The molecule has 3 nitrogen and oxygen atoms in total. The van der Waals surface area contributed by atoms with Gasteiger partial charge in [0.05, 0.1) is 11.6 Å². The molecule has 0 saturated carbocycles. The lowest BCUT2D eigenvalue weighted by molar-refractivity contribution is 0.00807. The summed E-state index contributed by atoms with van der Waals surface area (Å²) < 4.78 is 30.1. The van der Waals surface area contributed by atoms with Crippen LogP contribution in [-0.4, -0.2) is 34.7 Å². The zero-order valence-electron chi connectivity index (χ0n) is 18.8. The summed E-state index contributed by atoms with van der Waals surface area (Å²) in [6, 6.07) is 18.7. The maximum Gasteiger partial charge on any atom is 0.335 e. The highest BCUT2D eigenvalue weighted by atomic mass is 79.9. The topological polar surface area (TPSA) is 40.5 Å². The van der Waals surface area contributed by atoms with Gasteiger partial charge in [0.1, 0.15) is 11.5 Å². The van der Waals surface area contributed by atoms with Crippen molar-refractivity contribution in [2.45, 2.75) is 31.5 Å². The summed E-state index contributed by atoms with van der Waals surface area (Å²) >= 11 is 9.42. The normalized spacial score (nSPS) is 16.6. The van der Waals surface area contributed by atoms with E-state index in [0.717, 1.165) is 11.1 Å². The molecule has 1 N–H and O–H groups in total. The van der Waals surface area contributed by atoms with Crippen LogP contribution in [0.2, 0.25) is 5.02 Å². The van der Waals surface area contributed by atoms with Crippen LogP contribution in [0.1, 0.15) is 52.9 Å². The predicted octanol–water partition coefficient (Wildman–Crippen LogP) is 7.49. The van der Waals surface area contributed by atoms with E-state index in [1.807, 2.05) is 18.2 Å². The number of carbonyl (C=O) groups is 1. The van der Waals surface area contributed by atoms with E-state index in [1.165, 1.54) is 26.0 Å². The fourth-order valence-corrected chi connectivity index (χ4v) is 5.66. The van der Waals surface area contributed by atoms with Gasteiger partial charge in [0.15, 0.2) is 0 Å². The second-order valence-electron chi connectivity index (χ2n) is 9.34. The first-order chi connectivity index (χ1) is 16.0. The SMILES string of the molecule is CC(C)(F)[C@H](c1cc(F)cc(Br)c1)C1CN(C(c2ccc(Cl)cc2)c2cccc(C(=O)O)c2)C1. The van der Waals surface area contributed by atoms with Gasteiger partial charge in [-0.2, -0.15) is 0 Å². The zero-order chi connectivity index (χ0) is 24.6. The molecule has 0 aliphatic carbocycles. The summed E-state index contributed by atoms with van der Waals surface area (Å²) in [6.45, 7) is 4.23. The maximum atomic E-state index is 15.4. The van der Waals surface area contributed by atoms with Crippen molar-refractivity contribution < 1.29 is 18.7 Å². The monoisotopic (exact) mass is 547 g/mol. The average molecular weight is 549 g/mol. The Kier molecular flexibility index (Phi) is 7.13. The van der Waals surface area contributed by atoms with Gasteiger partial charge < -0.3 is 5.11 Å². The van der Waals surface area contributed by atoms with Crippen molar-refractivity contribution in [2.75, 3.05) is 13.1 Å². The van der Waals surface area contributed by atoms with Gasteiger partial charge in [0.25, 0.3) is 0 Å². The van der Waals surface area contributed by atoms with Crippen LogP contribution in [0.4, 0.5) is 8.78 Å². The average Bonchev–Trinajstić information content (AvgIpc) is 2.72. The van der Waals surface area contributed by atoms with E-state index in [9.17, 15) is 14.3 Å². The molecule has 2 atom stereocenters. The van der Waals surface area contributed by atoms with Crippen LogP contribution in [0.5, 0.6) is 0 Å². The van der Waals surface area contributed by atoms with Gasteiger partial charge in [-0.15, -0.1) is 0 Å². The second kappa shape index (κ2) is 9.76. The largest absolute Gasteiger partial charge is 0.478 e. The molecule has 3 aromatic rings. The molecule has 4 rings (SSSR count). The molecule has 0 spiro atoms. The van der Waals surface area contributed by atoms with Gasteiger partial charge in [-0.25, -0.2) is 13.6 Å². The Morgan fingerprint density at radius 2 is 1.74 bits per heavy atom.